The Kier molecular flexibility index (Phi) is 4.61. The van der Waals surface area contributed by atoms with Gasteiger partial charge in [-0.25, -0.2) is 4.98 Å². The minimum Gasteiger partial charge on any atom is -0.437 e. The van der Waals surface area contributed by atoms with Crippen LogP contribution < -0.4 is 10.1 Å². The van der Waals surface area contributed by atoms with Crippen molar-refractivity contribution in [1.82, 2.24) is 9.97 Å². The number of nitrogens with zero attached hydrogens (tertiary/aromatic N) is 2. The molecule has 0 aliphatic carbocycles. The first-order chi connectivity index (χ1) is 9.12. The van der Waals surface area contributed by atoms with Crippen LogP contribution in [0.1, 0.15) is 12.7 Å². The van der Waals surface area contributed by atoms with E-state index in [9.17, 15) is 0 Å². The molecule has 1 aromatic carbocycles. The summed E-state index contributed by atoms with van der Waals surface area (Å²) in [7, 11) is 1.80. The second kappa shape index (κ2) is 6.21. The van der Waals surface area contributed by atoms with E-state index in [-0.39, 0.29) is 0 Å². The van der Waals surface area contributed by atoms with Crippen molar-refractivity contribution in [3.8, 4) is 11.6 Å². The number of nitrogens with one attached hydrogen (secondary N) is 1. The van der Waals surface area contributed by atoms with Gasteiger partial charge in [0.05, 0.1) is 5.02 Å². The molecule has 0 bridgehead atoms. The fourth-order valence-corrected chi connectivity index (χ4v) is 1.98. The molecule has 0 unspecified atom stereocenters. The summed E-state index contributed by atoms with van der Waals surface area (Å²) in [6.07, 6.45) is 0.734. The molecule has 0 aliphatic heterocycles. The third-order valence-electron chi connectivity index (χ3n) is 2.43. The number of aromatic nitrogens is 2. The van der Waals surface area contributed by atoms with Gasteiger partial charge >= 0.3 is 0 Å². The Morgan fingerprint density at radius 1 is 1.32 bits per heavy atom. The normalized spacial score (nSPS) is 10.3. The van der Waals surface area contributed by atoms with Crippen LogP contribution in [0.4, 0.5) is 5.82 Å². The highest BCUT2D eigenvalue weighted by molar-refractivity contribution is 9.10. The monoisotopic (exact) mass is 341 g/mol. The zero-order valence-electron chi connectivity index (χ0n) is 10.6. The summed E-state index contributed by atoms with van der Waals surface area (Å²) < 4.78 is 6.62. The van der Waals surface area contributed by atoms with Crippen molar-refractivity contribution in [1.29, 1.82) is 0 Å². The lowest BCUT2D eigenvalue weighted by Crippen LogP contribution is -2.01. The zero-order chi connectivity index (χ0) is 13.8. The standard InChI is InChI=1S/C13H13BrClN3O/c1-3-11-17-12(16-2)7-13(18-11)19-10-6-8(14)4-5-9(10)15/h4-7H,3H2,1-2H3,(H,16,17,18). The molecule has 0 saturated carbocycles. The number of anilines is 1. The lowest BCUT2D eigenvalue weighted by molar-refractivity contribution is 0.459. The third kappa shape index (κ3) is 3.58. The van der Waals surface area contributed by atoms with Crippen molar-refractivity contribution >= 4 is 33.3 Å². The summed E-state index contributed by atoms with van der Waals surface area (Å²) in [5, 5.41) is 3.51. The Labute approximate surface area is 125 Å². The van der Waals surface area contributed by atoms with Gasteiger partial charge in [-0.3, -0.25) is 0 Å². The maximum atomic E-state index is 6.09. The van der Waals surface area contributed by atoms with Gasteiger partial charge in [0.1, 0.15) is 17.4 Å². The van der Waals surface area contributed by atoms with Gasteiger partial charge in [-0.15, -0.1) is 0 Å². The van der Waals surface area contributed by atoms with Gasteiger partial charge in [-0.2, -0.15) is 4.98 Å². The van der Waals surface area contributed by atoms with Crippen LogP contribution in [0.15, 0.2) is 28.7 Å². The fourth-order valence-electron chi connectivity index (χ4n) is 1.48. The fraction of sp³-hybridized carbons (Fsp3) is 0.231. The van der Waals surface area contributed by atoms with Crippen LogP contribution in [0, 0.1) is 0 Å². The second-order valence-electron chi connectivity index (χ2n) is 3.79. The molecule has 100 valence electrons. The van der Waals surface area contributed by atoms with Crippen LogP contribution in [0.5, 0.6) is 11.6 Å². The van der Waals surface area contributed by atoms with E-state index in [4.69, 9.17) is 16.3 Å². The average Bonchev–Trinajstić information content (AvgIpc) is 2.42. The van der Waals surface area contributed by atoms with Gasteiger partial charge in [-0.05, 0) is 18.2 Å². The molecule has 0 amide bonds. The zero-order valence-corrected chi connectivity index (χ0v) is 12.9. The highest BCUT2D eigenvalue weighted by atomic mass is 79.9. The number of aryl methyl sites for hydroxylation is 1. The van der Waals surface area contributed by atoms with E-state index in [2.05, 4.69) is 31.2 Å². The SMILES string of the molecule is CCc1nc(NC)cc(Oc2cc(Br)ccc2Cl)n1. The smallest absolute Gasteiger partial charge is 0.224 e. The molecule has 0 radical (unpaired) electrons. The molecule has 0 fully saturated rings. The van der Waals surface area contributed by atoms with Gasteiger partial charge in [0.2, 0.25) is 5.88 Å². The van der Waals surface area contributed by atoms with Gasteiger partial charge in [-0.1, -0.05) is 34.5 Å². The Morgan fingerprint density at radius 2 is 2.11 bits per heavy atom. The van der Waals surface area contributed by atoms with Gasteiger partial charge in [0, 0.05) is 24.0 Å². The maximum Gasteiger partial charge on any atom is 0.224 e. The summed E-state index contributed by atoms with van der Waals surface area (Å²) in [4.78, 5) is 8.63. The number of hydrogen-bond acceptors (Lipinski definition) is 4. The summed E-state index contributed by atoms with van der Waals surface area (Å²) in [6, 6.07) is 7.15. The number of rotatable bonds is 4. The summed E-state index contributed by atoms with van der Waals surface area (Å²) >= 11 is 9.47. The highest BCUT2D eigenvalue weighted by Gasteiger charge is 2.08. The quantitative estimate of drug-likeness (QED) is 0.900. The molecule has 1 aromatic heterocycles. The lowest BCUT2D eigenvalue weighted by Gasteiger charge is -2.09. The Hall–Kier alpha value is -1.33. The van der Waals surface area contributed by atoms with Gasteiger partial charge in [0.15, 0.2) is 0 Å². The second-order valence-corrected chi connectivity index (χ2v) is 5.11. The molecule has 1 heterocycles. The van der Waals surface area contributed by atoms with E-state index in [0.29, 0.717) is 28.3 Å². The largest absolute Gasteiger partial charge is 0.437 e. The van der Waals surface area contributed by atoms with Crippen molar-refractivity contribution in [2.45, 2.75) is 13.3 Å². The van der Waals surface area contributed by atoms with Gasteiger partial charge < -0.3 is 10.1 Å². The summed E-state index contributed by atoms with van der Waals surface area (Å²) in [6.45, 7) is 1.99. The summed E-state index contributed by atoms with van der Waals surface area (Å²) in [5.41, 5.74) is 0. The molecule has 0 aliphatic rings. The molecule has 2 rings (SSSR count). The molecule has 4 nitrogen and oxygen atoms in total. The van der Waals surface area contributed by atoms with Crippen LogP contribution in [0.2, 0.25) is 5.02 Å². The lowest BCUT2D eigenvalue weighted by atomic mass is 10.3. The van der Waals surface area contributed by atoms with Crippen LogP contribution in [-0.2, 0) is 6.42 Å². The van der Waals surface area contributed by atoms with Crippen LogP contribution in [-0.4, -0.2) is 17.0 Å². The Balaban J connectivity index is 2.34. The Morgan fingerprint density at radius 3 is 2.79 bits per heavy atom. The summed E-state index contributed by atoms with van der Waals surface area (Å²) in [5.74, 6) is 2.45. The average molecular weight is 343 g/mol. The first-order valence-electron chi connectivity index (χ1n) is 5.81. The maximum absolute atomic E-state index is 6.09. The van der Waals surface area contributed by atoms with Crippen molar-refractivity contribution in [2.75, 3.05) is 12.4 Å². The number of halogens is 2. The third-order valence-corrected chi connectivity index (χ3v) is 3.23. The van der Waals surface area contributed by atoms with Crippen LogP contribution >= 0.6 is 27.5 Å². The Bertz CT molecular complexity index is 570. The topological polar surface area (TPSA) is 47.0 Å². The van der Waals surface area contributed by atoms with Crippen LogP contribution in [0.3, 0.4) is 0 Å². The first-order valence-corrected chi connectivity index (χ1v) is 6.98. The molecule has 2 aromatic rings. The van der Waals surface area contributed by atoms with E-state index in [1.165, 1.54) is 0 Å². The van der Waals surface area contributed by atoms with Crippen molar-refractivity contribution in [3.05, 3.63) is 39.6 Å². The highest BCUT2D eigenvalue weighted by Crippen LogP contribution is 2.31. The molecule has 6 heteroatoms. The number of hydrogen-bond donors (Lipinski definition) is 1. The van der Waals surface area contributed by atoms with Crippen molar-refractivity contribution in [2.24, 2.45) is 0 Å². The number of benzene rings is 1. The van der Waals surface area contributed by atoms with E-state index >= 15 is 0 Å². The number of ether oxygens (including phenoxy) is 1. The van der Waals surface area contributed by atoms with E-state index in [1.54, 1.807) is 25.2 Å². The minimum absolute atomic E-state index is 0.469. The van der Waals surface area contributed by atoms with E-state index < -0.39 is 0 Å². The molecular weight excluding hydrogens is 330 g/mol. The minimum atomic E-state index is 0.469. The predicted molar refractivity (Wildman–Crippen MR) is 80.2 cm³/mol. The molecule has 19 heavy (non-hydrogen) atoms. The molecule has 1 N–H and O–H groups in total. The molecule has 0 atom stereocenters. The van der Waals surface area contributed by atoms with Crippen molar-refractivity contribution < 1.29 is 4.74 Å². The predicted octanol–water partition coefficient (Wildman–Crippen LogP) is 4.29. The molecular formula is C13H13BrClN3O. The van der Waals surface area contributed by atoms with Gasteiger partial charge in [0.25, 0.3) is 0 Å². The molecule has 0 spiro atoms. The van der Waals surface area contributed by atoms with E-state index in [1.807, 2.05) is 13.0 Å². The first kappa shape index (κ1) is 14.1. The molecule has 0 saturated heterocycles. The van der Waals surface area contributed by atoms with Crippen LogP contribution in [0.25, 0.3) is 0 Å². The van der Waals surface area contributed by atoms with Crippen molar-refractivity contribution in [3.63, 3.8) is 0 Å². The van der Waals surface area contributed by atoms with E-state index in [0.717, 1.165) is 10.9 Å².